The van der Waals surface area contributed by atoms with Crippen LogP contribution in [0.25, 0.3) is 21.7 Å². The molecule has 0 saturated carbocycles. The van der Waals surface area contributed by atoms with Crippen molar-refractivity contribution in [2.75, 3.05) is 5.32 Å². The fourth-order valence-corrected chi connectivity index (χ4v) is 4.50. The molecule has 0 radical (unpaired) electrons. The number of fused-ring (bicyclic) bond motifs is 2. The predicted molar refractivity (Wildman–Crippen MR) is 150 cm³/mol. The van der Waals surface area contributed by atoms with Crippen LogP contribution in [0.15, 0.2) is 97.1 Å². The Morgan fingerprint density at radius 1 is 0.897 bits per heavy atom. The molecule has 1 amide bonds. The molecule has 2 heterocycles. The summed E-state index contributed by atoms with van der Waals surface area (Å²) in [6.45, 7) is 2.30. The van der Waals surface area contributed by atoms with E-state index in [4.69, 9.17) is 4.74 Å². The van der Waals surface area contributed by atoms with Gasteiger partial charge >= 0.3 is 0 Å². The number of aromatic nitrogens is 5. The number of benzene rings is 4. The normalized spacial score (nSPS) is 11.9. The molecule has 6 aromatic rings. The van der Waals surface area contributed by atoms with Gasteiger partial charge in [-0.15, -0.1) is 10.2 Å². The number of carbonyl (C=O) groups excluding carboxylic acids is 1. The van der Waals surface area contributed by atoms with E-state index in [1.165, 1.54) is 0 Å². The van der Waals surface area contributed by atoms with Gasteiger partial charge in [0.2, 0.25) is 5.91 Å². The maximum absolute atomic E-state index is 13.0. The molecule has 0 aliphatic heterocycles. The summed E-state index contributed by atoms with van der Waals surface area (Å²) in [7, 11) is 0. The molecule has 0 bridgehead atoms. The molecule has 6 rings (SSSR count). The van der Waals surface area contributed by atoms with Gasteiger partial charge in [-0.2, -0.15) is 5.21 Å². The van der Waals surface area contributed by atoms with Crippen LogP contribution in [0.5, 0.6) is 5.75 Å². The topological polar surface area (TPSA) is 106 Å². The van der Waals surface area contributed by atoms with Crippen LogP contribution in [-0.4, -0.2) is 31.5 Å². The highest BCUT2D eigenvalue weighted by atomic mass is 16.5. The van der Waals surface area contributed by atoms with Crippen molar-refractivity contribution < 1.29 is 9.53 Å². The van der Waals surface area contributed by atoms with Crippen molar-refractivity contribution >= 4 is 33.3 Å². The number of rotatable bonds is 8. The summed E-state index contributed by atoms with van der Waals surface area (Å²) >= 11 is 0. The Bertz CT molecular complexity index is 1750. The van der Waals surface area contributed by atoms with Crippen LogP contribution < -0.4 is 10.1 Å². The molecule has 0 fully saturated rings. The number of para-hydroxylation sites is 1. The first-order valence-electron chi connectivity index (χ1n) is 12.7. The van der Waals surface area contributed by atoms with Gasteiger partial charge in [0.1, 0.15) is 12.4 Å². The Hall–Kier alpha value is -5.11. The molecule has 4 aromatic carbocycles. The van der Waals surface area contributed by atoms with Crippen molar-refractivity contribution in [1.29, 1.82) is 0 Å². The zero-order chi connectivity index (χ0) is 26.6. The molecule has 2 N–H and O–H groups in total. The van der Waals surface area contributed by atoms with Crippen molar-refractivity contribution in [3.8, 4) is 5.75 Å². The van der Waals surface area contributed by atoms with Gasteiger partial charge in [0.25, 0.3) is 0 Å². The molecule has 8 heteroatoms. The molecule has 8 nitrogen and oxygen atoms in total. The van der Waals surface area contributed by atoms with Crippen molar-refractivity contribution in [2.24, 2.45) is 0 Å². The Kier molecular flexibility index (Phi) is 6.66. The molecule has 39 heavy (non-hydrogen) atoms. The number of nitrogens with zero attached hydrogens (tertiary/aromatic N) is 4. The van der Waals surface area contributed by atoms with Crippen LogP contribution in [0.1, 0.15) is 35.5 Å². The van der Waals surface area contributed by atoms with Crippen LogP contribution in [0, 0.1) is 0 Å². The highest BCUT2D eigenvalue weighted by Crippen LogP contribution is 2.27. The van der Waals surface area contributed by atoms with Gasteiger partial charge in [0.15, 0.2) is 5.82 Å². The Morgan fingerprint density at radius 2 is 1.69 bits per heavy atom. The minimum absolute atomic E-state index is 0.0666. The smallest absolute Gasteiger partial charge is 0.231 e. The number of tetrazole rings is 1. The monoisotopic (exact) mass is 514 g/mol. The number of amides is 1. The molecule has 192 valence electrons. The molecule has 0 saturated heterocycles. The molecule has 1 unspecified atom stereocenters. The molecule has 2 aromatic heterocycles. The number of carbonyl (C=O) groups is 1. The van der Waals surface area contributed by atoms with Gasteiger partial charge in [0.05, 0.1) is 17.1 Å². The third-order valence-electron chi connectivity index (χ3n) is 6.74. The molecule has 0 spiro atoms. The summed E-state index contributed by atoms with van der Waals surface area (Å²) in [5.74, 6) is 1.02. The quantitative estimate of drug-likeness (QED) is 0.265. The van der Waals surface area contributed by atoms with Crippen LogP contribution in [0.4, 0.5) is 5.69 Å². The summed E-state index contributed by atoms with van der Waals surface area (Å²) in [6.07, 6.45) is 0.575. The van der Waals surface area contributed by atoms with Gasteiger partial charge in [-0.1, -0.05) is 65.9 Å². The van der Waals surface area contributed by atoms with E-state index in [0.29, 0.717) is 18.9 Å². The van der Waals surface area contributed by atoms with Crippen molar-refractivity contribution in [3.63, 3.8) is 0 Å². The lowest BCUT2D eigenvalue weighted by atomic mass is 9.97. The van der Waals surface area contributed by atoms with E-state index >= 15 is 0 Å². The van der Waals surface area contributed by atoms with Gasteiger partial charge in [0, 0.05) is 17.5 Å². The first-order chi connectivity index (χ1) is 19.1. The van der Waals surface area contributed by atoms with E-state index in [9.17, 15) is 4.79 Å². The zero-order valence-electron chi connectivity index (χ0n) is 21.3. The third kappa shape index (κ3) is 5.60. The number of ether oxygens (including phenoxy) is 1. The summed E-state index contributed by atoms with van der Waals surface area (Å²) in [6, 6.07) is 31.8. The van der Waals surface area contributed by atoms with E-state index in [0.717, 1.165) is 49.9 Å². The zero-order valence-corrected chi connectivity index (χ0v) is 21.3. The van der Waals surface area contributed by atoms with E-state index in [2.05, 4.69) is 43.1 Å². The standard InChI is InChI=1S/C31H26N6O2/c1-20(31(38)33-26-12-6-21(7-13-26)16-30-34-36-37-35-30)23-8-9-25-18-28(15-11-24(25)17-23)39-19-27-14-10-22-4-2-3-5-29(22)32-27/h2-15,17-18,20H,16,19H2,1H3,(H,33,38)(H,34,35,36,37). The van der Waals surface area contributed by atoms with Gasteiger partial charge in [-0.05, 0) is 65.2 Å². The van der Waals surface area contributed by atoms with Gasteiger partial charge < -0.3 is 10.1 Å². The molecular formula is C31H26N6O2. The number of H-pyrrole nitrogens is 1. The van der Waals surface area contributed by atoms with Crippen molar-refractivity contribution in [2.45, 2.75) is 25.9 Å². The number of nitrogens with one attached hydrogen (secondary N) is 2. The average Bonchev–Trinajstić information content (AvgIpc) is 3.49. The third-order valence-corrected chi connectivity index (χ3v) is 6.74. The Labute approximate surface area is 225 Å². The fourth-order valence-electron chi connectivity index (χ4n) is 4.50. The predicted octanol–water partition coefficient (Wildman–Crippen LogP) is 5.81. The first kappa shape index (κ1) is 24.2. The second-order valence-corrected chi connectivity index (χ2v) is 9.47. The lowest BCUT2D eigenvalue weighted by molar-refractivity contribution is -0.117. The van der Waals surface area contributed by atoms with E-state index in [1.807, 2.05) is 91.9 Å². The lowest BCUT2D eigenvalue weighted by Crippen LogP contribution is -2.18. The first-order valence-corrected chi connectivity index (χ1v) is 12.7. The SMILES string of the molecule is CC(C(=O)Nc1ccc(Cc2nn[nH]n2)cc1)c1ccc2cc(OCc3ccc4ccccc4n3)ccc2c1. The van der Waals surface area contributed by atoms with Crippen LogP contribution in [0.3, 0.4) is 0 Å². The number of anilines is 1. The maximum atomic E-state index is 13.0. The largest absolute Gasteiger partial charge is 0.487 e. The van der Waals surface area contributed by atoms with Crippen molar-refractivity contribution in [3.05, 3.63) is 120 Å². The molecular weight excluding hydrogens is 488 g/mol. The van der Waals surface area contributed by atoms with E-state index in [1.54, 1.807) is 0 Å². The summed E-state index contributed by atoms with van der Waals surface area (Å²) in [5.41, 5.74) is 4.56. The number of hydrogen-bond acceptors (Lipinski definition) is 6. The lowest BCUT2D eigenvalue weighted by Gasteiger charge is -2.14. The molecule has 0 aliphatic rings. The fraction of sp³-hybridized carbons (Fsp3) is 0.129. The second kappa shape index (κ2) is 10.7. The van der Waals surface area contributed by atoms with Crippen molar-refractivity contribution in [1.82, 2.24) is 25.6 Å². The molecule has 0 aliphatic carbocycles. The maximum Gasteiger partial charge on any atom is 0.231 e. The summed E-state index contributed by atoms with van der Waals surface area (Å²) in [4.78, 5) is 17.7. The Balaban J connectivity index is 1.09. The summed E-state index contributed by atoms with van der Waals surface area (Å²) in [5, 5.41) is 20.2. The van der Waals surface area contributed by atoms with Crippen LogP contribution in [0.2, 0.25) is 0 Å². The van der Waals surface area contributed by atoms with Crippen LogP contribution in [-0.2, 0) is 17.8 Å². The number of pyridine rings is 1. The number of hydrogen-bond donors (Lipinski definition) is 2. The second-order valence-electron chi connectivity index (χ2n) is 9.47. The minimum Gasteiger partial charge on any atom is -0.487 e. The highest BCUT2D eigenvalue weighted by molar-refractivity contribution is 5.96. The van der Waals surface area contributed by atoms with E-state index in [-0.39, 0.29) is 11.8 Å². The van der Waals surface area contributed by atoms with Crippen LogP contribution >= 0.6 is 0 Å². The average molecular weight is 515 g/mol. The van der Waals surface area contributed by atoms with E-state index < -0.39 is 0 Å². The summed E-state index contributed by atoms with van der Waals surface area (Å²) < 4.78 is 6.03. The number of aromatic amines is 1. The minimum atomic E-state index is -0.316. The van der Waals surface area contributed by atoms with Gasteiger partial charge in [-0.25, -0.2) is 4.98 Å². The highest BCUT2D eigenvalue weighted by Gasteiger charge is 2.16. The molecule has 1 atom stereocenters. The van der Waals surface area contributed by atoms with Gasteiger partial charge in [-0.3, -0.25) is 4.79 Å². The Morgan fingerprint density at radius 3 is 2.54 bits per heavy atom.